The first kappa shape index (κ1) is 13.8. The van der Waals surface area contributed by atoms with E-state index < -0.39 is 12.1 Å². The summed E-state index contributed by atoms with van der Waals surface area (Å²) in [5.74, 6) is 1.20. The van der Waals surface area contributed by atoms with Crippen LogP contribution in [0.25, 0.3) is 0 Å². The number of aryl methyl sites for hydroxylation is 1. The van der Waals surface area contributed by atoms with Gasteiger partial charge in [0.05, 0.1) is 7.11 Å². The molecule has 2 amide bonds. The van der Waals surface area contributed by atoms with Crippen LogP contribution in [0.4, 0.5) is 10.5 Å². The van der Waals surface area contributed by atoms with Gasteiger partial charge in [0.15, 0.2) is 5.82 Å². The lowest BCUT2D eigenvalue weighted by atomic mass is 10.3. The highest BCUT2D eigenvalue weighted by Gasteiger charge is 2.16. The number of methoxy groups -OCH3 is 1. The predicted molar refractivity (Wildman–Crippen MR) is 70.4 cm³/mol. The molecule has 0 bridgehead atoms. The molecule has 2 aromatic heterocycles. The highest BCUT2D eigenvalue weighted by molar-refractivity contribution is 5.90. The third-order valence-electron chi connectivity index (χ3n) is 2.47. The summed E-state index contributed by atoms with van der Waals surface area (Å²) in [6, 6.07) is 2.56. The fourth-order valence-electron chi connectivity index (χ4n) is 1.55. The van der Waals surface area contributed by atoms with E-state index >= 15 is 0 Å². The highest BCUT2D eigenvalue weighted by Crippen LogP contribution is 2.19. The Morgan fingerprint density at radius 2 is 2.30 bits per heavy atom. The van der Waals surface area contributed by atoms with E-state index in [2.05, 4.69) is 25.8 Å². The second-order valence-corrected chi connectivity index (χ2v) is 4.06. The minimum Gasteiger partial charge on any atom is -0.480 e. The molecule has 20 heavy (non-hydrogen) atoms. The molecule has 0 aliphatic carbocycles. The third kappa shape index (κ3) is 3.22. The zero-order valence-electron chi connectivity index (χ0n) is 11.4. The molecule has 2 N–H and O–H groups in total. The largest absolute Gasteiger partial charge is 0.480 e. The average molecular weight is 277 g/mol. The van der Waals surface area contributed by atoms with Gasteiger partial charge in [-0.2, -0.15) is 4.98 Å². The maximum absolute atomic E-state index is 11.9. The van der Waals surface area contributed by atoms with E-state index in [4.69, 9.17) is 9.26 Å². The normalized spacial score (nSPS) is 11.8. The quantitative estimate of drug-likeness (QED) is 0.881. The Balaban J connectivity index is 1.98. The van der Waals surface area contributed by atoms with Crippen molar-refractivity contribution in [1.82, 2.24) is 20.4 Å². The third-order valence-corrected chi connectivity index (χ3v) is 2.47. The summed E-state index contributed by atoms with van der Waals surface area (Å²) in [6.45, 7) is 3.45. The van der Waals surface area contributed by atoms with Crippen molar-refractivity contribution in [3.05, 3.63) is 30.0 Å². The van der Waals surface area contributed by atoms with Gasteiger partial charge >= 0.3 is 6.03 Å². The summed E-state index contributed by atoms with van der Waals surface area (Å²) >= 11 is 0. The molecule has 0 spiro atoms. The number of rotatable bonds is 4. The number of nitrogens with one attached hydrogen (secondary N) is 2. The standard InChI is InChI=1S/C12H15N5O3/c1-7(10-15-8(2)17-20-10)14-12(18)16-9-5-4-6-13-11(9)19-3/h4-7H,1-3H3,(H2,14,16,18)/t7-/m0/s1. The maximum Gasteiger partial charge on any atom is 0.320 e. The van der Waals surface area contributed by atoms with Crippen molar-refractivity contribution in [2.75, 3.05) is 12.4 Å². The summed E-state index contributed by atoms with van der Waals surface area (Å²) in [7, 11) is 1.48. The molecule has 8 nitrogen and oxygen atoms in total. The summed E-state index contributed by atoms with van der Waals surface area (Å²) in [5, 5.41) is 8.99. The summed E-state index contributed by atoms with van der Waals surface area (Å²) < 4.78 is 10.0. The number of nitrogens with zero attached hydrogens (tertiary/aromatic N) is 3. The molecule has 8 heteroatoms. The molecule has 0 aromatic carbocycles. The molecular weight excluding hydrogens is 262 g/mol. The van der Waals surface area contributed by atoms with Gasteiger partial charge in [0.1, 0.15) is 11.7 Å². The predicted octanol–water partition coefficient (Wildman–Crippen LogP) is 1.66. The van der Waals surface area contributed by atoms with E-state index in [9.17, 15) is 4.79 Å². The van der Waals surface area contributed by atoms with Gasteiger partial charge in [-0.05, 0) is 26.0 Å². The summed E-state index contributed by atoms with van der Waals surface area (Å²) in [5.41, 5.74) is 0.474. The molecule has 2 aromatic rings. The number of pyridine rings is 1. The highest BCUT2D eigenvalue weighted by atomic mass is 16.5. The molecule has 106 valence electrons. The van der Waals surface area contributed by atoms with Gasteiger partial charge in [0, 0.05) is 6.20 Å². The summed E-state index contributed by atoms with van der Waals surface area (Å²) in [6.07, 6.45) is 1.58. The van der Waals surface area contributed by atoms with Crippen LogP contribution < -0.4 is 15.4 Å². The van der Waals surface area contributed by atoms with Crippen molar-refractivity contribution < 1.29 is 14.1 Å². The molecule has 2 heterocycles. The van der Waals surface area contributed by atoms with E-state index in [1.807, 2.05) is 0 Å². The Morgan fingerprint density at radius 1 is 1.50 bits per heavy atom. The number of amides is 2. The van der Waals surface area contributed by atoms with Crippen molar-refractivity contribution in [2.24, 2.45) is 0 Å². The Bertz CT molecular complexity index is 598. The van der Waals surface area contributed by atoms with Gasteiger partial charge in [-0.15, -0.1) is 0 Å². The lowest BCUT2D eigenvalue weighted by molar-refractivity contribution is 0.245. The molecule has 0 saturated carbocycles. The molecule has 0 saturated heterocycles. The van der Waals surface area contributed by atoms with Crippen LogP contribution in [-0.4, -0.2) is 28.3 Å². The Kier molecular flexibility index (Phi) is 4.14. The second-order valence-electron chi connectivity index (χ2n) is 4.06. The van der Waals surface area contributed by atoms with Crippen LogP contribution in [0.3, 0.4) is 0 Å². The monoisotopic (exact) mass is 277 g/mol. The average Bonchev–Trinajstić information content (AvgIpc) is 2.86. The Labute approximate surface area is 115 Å². The SMILES string of the molecule is COc1ncccc1NC(=O)N[C@@H](C)c1nc(C)no1. The topological polar surface area (TPSA) is 102 Å². The van der Waals surface area contributed by atoms with Gasteiger partial charge in [-0.1, -0.05) is 5.16 Å². The van der Waals surface area contributed by atoms with Gasteiger partial charge in [-0.25, -0.2) is 9.78 Å². The zero-order valence-corrected chi connectivity index (χ0v) is 11.4. The van der Waals surface area contributed by atoms with Crippen molar-refractivity contribution in [3.8, 4) is 5.88 Å². The van der Waals surface area contributed by atoms with Crippen LogP contribution in [0.15, 0.2) is 22.9 Å². The molecule has 0 aliphatic rings. The van der Waals surface area contributed by atoms with Crippen LogP contribution in [0.2, 0.25) is 0 Å². The minimum atomic E-state index is -0.417. The fraction of sp³-hybridized carbons (Fsp3) is 0.333. The first-order chi connectivity index (χ1) is 9.60. The van der Waals surface area contributed by atoms with Gasteiger partial charge in [-0.3, -0.25) is 0 Å². The van der Waals surface area contributed by atoms with Crippen LogP contribution >= 0.6 is 0 Å². The molecule has 2 rings (SSSR count). The van der Waals surface area contributed by atoms with E-state index in [1.54, 1.807) is 32.2 Å². The zero-order chi connectivity index (χ0) is 14.5. The lowest BCUT2D eigenvalue weighted by Crippen LogP contribution is -2.31. The molecule has 0 fully saturated rings. The smallest absolute Gasteiger partial charge is 0.320 e. The number of aromatic nitrogens is 3. The number of carbonyl (C=O) groups excluding carboxylic acids is 1. The number of carbonyl (C=O) groups is 1. The molecule has 0 aliphatic heterocycles. The lowest BCUT2D eigenvalue weighted by Gasteiger charge is -2.12. The number of urea groups is 1. The van der Waals surface area contributed by atoms with E-state index in [0.29, 0.717) is 23.3 Å². The van der Waals surface area contributed by atoms with E-state index in [-0.39, 0.29) is 0 Å². The number of hydrogen-bond acceptors (Lipinski definition) is 6. The number of anilines is 1. The van der Waals surface area contributed by atoms with E-state index in [1.165, 1.54) is 7.11 Å². The van der Waals surface area contributed by atoms with Gasteiger partial charge in [0.25, 0.3) is 0 Å². The summed E-state index contributed by atoms with van der Waals surface area (Å²) in [4.78, 5) is 19.9. The first-order valence-corrected chi connectivity index (χ1v) is 5.97. The maximum atomic E-state index is 11.9. The van der Waals surface area contributed by atoms with Crippen LogP contribution in [-0.2, 0) is 0 Å². The molecular formula is C12H15N5O3. The van der Waals surface area contributed by atoms with Crippen LogP contribution in [0.5, 0.6) is 5.88 Å². The van der Waals surface area contributed by atoms with Crippen molar-refractivity contribution in [3.63, 3.8) is 0 Å². The van der Waals surface area contributed by atoms with Gasteiger partial charge in [0.2, 0.25) is 11.8 Å². The van der Waals surface area contributed by atoms with Crippen LogP contribution in [0, 0.1) is 6.92 Å². The van der Waals surface area contributed by atoms with Gasteiger partial charge < -0.3 is 19.9 Å². The van der Waals surface area contributed by atoms with E-state index in [0.717, 1.165) is 0 Å². The minimum absolute atomic E-state index is 0.337. The first-order valence-electron chi connectivity index (χ1n) is 5.97. The van der Waals surface area contributed by atoms with Crippen molar-refractivity contribution in [2.45, 2.75) is 19.9 Å². The van der Waals surface area contributed by atoms with Crippen molar-refractivity contribution in [1.29, 1.82) is 0 Å². The van der Waals surface area contributed by atoms with Crippen molar-refractivity contribution >= 4 is 11.7 Å². The number of hydrogen-bond donors (Lipinski definition) is 2. The molecule has 0 unspecified atom stereocenters. The molecule has 0 radical (unpaired) electrons. The fourth-order valence-corrected chi connectivity index (χ4v) is 1.55. The number of ether oxygens (including phenoxy) is 1. The van der Waals surface area contributed by atoms with Crippen LogP contribution in [0.1, 0.15) is 24.7 Å². The molecule has 1 atom stereocenters. The Hall–Kier alpha value is -2.64. The second kappa shape index (κ2) is 6.00. The Morgan fingerprint density at radius 3 is 2.95 bits per heavy atom.